The van der Waals surface area contributed by atoms with Gasteiger partial charge in [-0.1, -0.05) is 42.5 Å². The van der Waals surface area contributed by atoms with E-state index in [0.29, 0.717) is 0 Å². The average Bonchev–Trinajstić information content (AvgIpc) is 3.08. The first-order valence-electron chi connectivity index (χ1n) is 8.81. The van der Waals surface area contributed by atoms with E-state index in [-0.39, 0.29) is 12.1 Å². The van der Waals surface area contributed by atoms with Crippen LogP contribution < -0.4 is 10.6 Å². The summed E-state index contributed by atoms with van der Waals surface area (Å²) >= 11 is 1.63. The van der Waals surface area contributed by atoms with Gasteiger partial charge >= 0.3 is 6.03 Å². The van der Waals surface area contributed by atoms with Crippen LogP contribution in [0.5, 0.6) is 0 Å². The second-order valence-corrected chi connectivity index (χ2v) is 7.72. The van der Waals surface area contributed by atoms with Crippen molar-refractivity contribution in [3.63, 3.8) is 0 Å². The molecule has 2 amide bonds. The van der Waals surface area contributed by atoms with Gasteiger partial charge in [-0.05, 0) is 38.7 Å². The molecular weight excluding hydrogens is 356 g/mol. The Morgan fingerprint density at radius 2 is 1.81 bits per heavy atom. The minimum Gasteiger partial charge on any atom is -0.330 e. The molecule has 2 N–H and O–H groups in total. The zero-order valence-corrected chi connectivity index (χ0v) is 16.6. The van der Waals surface area contributed by atoms with Crippen molar-refractivity contribution in [1.82, 2.24) is 15.2 Å². The lowest BCUT2D eigenvalue weighted by Crippen LogP contribution is -2.37. The zero-order chi connectivity index (χ0) is 19.2. The fourth-order valence-corrected chi connectivity index (χ4v) is 3.45. The Balaban J connectivity index is 1.65. The molecule has 1 heterocycles. The number of carbonyl (C=O) groups excluding carboxylic acids is 1. The van der Waals surface area contributed by atoms with E-state index < -0.39 is 0 Å². The second-order valence-electron chi connectivity index (χ2n) is 6.65. The van der Waals surface area contributed by atoms with Gasteiger partial charge in [-0.2, -0.15) is 0 Å². The van der Waals surface area contributed by atoms with E-state index in [0.717, 1.165) is 34.1 Å². The summed E-state index contributed by atoms with van der Waals surface area (Å²) in [6, 6.07) is 17.4. The maximum absolute atomic E-state index is 12.5. The Bertz CT molecular complexity index is 875. The highest BCUT2D eigenvalue weighted by molar-refractivity contribution is 7.09. The van der Waals surface area contributed by atoms with Crippen LogP contribution in [-0.4, -0.2) is 36.6 Å². The van der Waals surface area contributed by atoms with Crippen LogP contribution >= 0.6 is 11.3 Å². The Labute approximate surface area is 164 Å². The summed E-state index contributed by atoms with van der Waals surface area (Å²) in [5.74, 6) is 0. The summed E-state index contributed by atoms with van der Waals surface area (Å²) in [5, 5.41) is 9.05. The number of hydrogen-bond acceptors (Lipinski definition) is 4. The maximum Gasteiger partial charge on any atom is 0.319 e. The molecule has 0 spiro atoms. The zero-order valence-electron chi connectivity index (χ0n) is 15.8. The van der Waals surface area contributed by atoms with Gasteiger partial charge in [-0.15, -0.1) is 11.3 Å². The molecule has 0 aliphatic carbocycles. The molecule has 1 unspecified atom stereocenters. The molecular formula is C21H24N4OS. The third kappa shape index (κ3) is 5.39. The molecule has 0 fully saturated rings. The number of likely N-dealkylation sites (N-methyl/N-ethyl adjacent to an activating group) is 1. The monoisotopic (exact) mass is 380 g/mol. The van der Waals surface area contributed by atoms with Crippen molar-refractivity contribution in [1.29, 1.82) is 0 Å². The number of nitrogens with one attached hydrogen (secondary N) is 2. The number of rotatable bonds is 6. The fraction of sp³-hybridized carbons (Fsp3) is 0.238. The number of carbonyl (C=O) groups is 1. The number of urea groups is 1. The lowest BCUT2D eigenvalue weighted by molar-refractivity contribution is 0.244. The summed E-state index contributed by atoms with van der Waals surface area (Å²) in [5.41, 5.74) is 3.83. The van der Waals surface area contributed by atoms with Gasteiger partial charge < -0.3 is 15.5 Å². The van der Waals surface area contributed by atoms with Crippen molar-refractivity contribution in [2.45, 2.75) is 13.0 Å². The molecule has 0 bridgehead atoms. The highest BCUT2D eigenvalue weighted by Crippen LogP contribution is 2.23. The number of nitrogens with zero attached hydrogens (tertiary/aromatic N) is 2. The van der Waals surface area contributed by atoms with Crippen LogP contribution in [0.4, 0.5) is 10.5 Å². The molecule has 3 rings (SSSR count). The van der Waals surface area contributed by atoms with E-state index in [2.05, 4.69) is 20.5 Å². The number of amides is 2. The van der Waals surface area contributed by atoms with Crippen LogP contribution in [0.25, 0.3) is 11.3 Å². The fourth-order valence-electron chi connectivity index (χ4n) is 2.83. The van der Waals surface area contributed by atoms with E-state index in [1.54, 1.807) is 11.3 Å². The van der Waals surface area contributed by atoms with E-state index in [9.17, 15) is 4.79 Å². The molecule has 5 nitrogen and oxygen atoms in total. The largest absolute Gasteiger partial charge is 0.330 e. The SMILES string of the molecule is Cc1nc(-c2ccc(NC(=O)NC(CN(C)C)c3ccccc3)cc2)cs1. The van der Waals surface area contributed by atoms with Gasteiger partial charge in [-0.3, -0.25) is 0 Å². The quantitative estimate of drug-likeness (QED) is 0.660. The third-order valence-electron chi connectivity index (χ3n) is 4.11. The lowest BCUT2D eigenvalue weighted by atomic mass is 10.1. The van der Waals surface area contributed by atoms with E-state index in [1.807, 2.05) is 81.0 Å². The lowest BCUT2D eigenvalue weighted by Gasteiger charge is -2.23. The minimum atomic E-state index is -0.219. The smallest absolute Gasteiger partial charge is 0.319 e. The van der Waals surface area contributed by atoms with Crippen molar-refractivity contribution in [2.24, 2.45) is 0 Å². The first-order valence-corrected chi connectivity index (χ1v) is 9.69. The molecule has 2 aromatic carbocycles. The highest BCUT2D eigenvalue weighted by Gasteiger charge is 2.15. The summed E-state index contributed by atoms with van der Waals surface area (Å²) < 4.78 is 0. The normalized spacial score (nSPS) is 12.0. The standard InChI is InChI=1S/C21H24N4OS/c1-15-22-20(14-27-15)17-9-11-18(12-10-17)23-21(26)24-19(13-25(2)3)16-7-5-4-6-8-16/h4-12,14,19H,13H2,1-3H3,(H2,23,24,26). The number of hydrogen-bond donors (Lipinski definition) is 2. The summed E-state index contributed by atoms with van der Waals surface area (Å²) in [4.78, 5) is 19.0. The van der Waals surface area contributed by atoms with Gasteiger partial charge in [0.25, 0.3) is 0 Å². The van der Waals surface area contributed by atoms with Gasteiger partial charge in [0.1, 0.15) is 0 Å². The molecule has 0 radical (unpaired) electrons. The Morgan fingerprint density at radius 1 is 1.11 bits per heavy atom. The topological polar surface area (TPSA) is 57.3 Å². The van der Waals surface area contributed by atoms with Gasteiger partial charge in [0, 0.05) is 23.2 Å². The number of thiazole rings is 1. The first-order chi connectivity index (χ1) is 13.0. The predicted molar refractivity (Wildman–Crippen MR) is 112 cm³/mol. The summed E-state index contributed by atoms with van der Waals surface area (Å²) in [6.07, 6.45) is 0. The van der Waals surface area contributed by atoms with Crippen LogP contribution in [0.15, 0.2) is 60.0 Å². The molecule has 1 aromatic heterocycles. The van der Waals surface area contributed by atoms with Gasteiger partial charge in [0.05, 0.1) is 16.7 Å². The van der Waals surface area contributed by atoms with Crippen molar-refractivity contribution in [3.8, 4) is 11.3 Å². The average molecular weight is 381 g/mol. The van der Waals surface area contributed by atoms with Crippen molar-refractivity contribution in [2.75, 3.05) is 26.0 Å². The first kappa shape index (κ1) is 19.1. The van der Waals surface area contributed by atoms with Crippen LogP contribution in [-0.2, 0) is 0 Å². The number of aromatic nitrogens is 1. The van der Waals surface area contributed by atoms with E-state index in [4.69, 9.17) is 0 Å². The highest BCUT2D eigenvalue weighted by atomic mass is 32.1. The Morgan fingerprint density at radius 3 is 2.41 bits per heavy atom. The van der Waals surface area contributed by atoms with Crippen molar-refractivity contribution >= 4 is 23.1 Å². The van der Waals surface area contributed by atoms with Crippen molar-refractivity contribution in [3.05, 3.63) is 70.5 Å². The molecule has 0 saturated carbocycles. The van der Waals surface area contributed by atoms with Gasteiger partial charge in [-0.25, -0.2) is 9.78 Å². The molecule has 0 aliphatic rings. The number of benzene rings is 2. The minimum absolute atomic E-state index is 0.0848. The molecule has 27 heavy (non-hydrogen) atoms. The predicted octanol–water partition coefficient (Wildman–Crippen LogP) is 4.54. The number of anilines is 1. The Kier molecular flexibility index (Phi) is 6.21. The summed E-state index contributed by atoms with van der Waals surface area (Å²) in [7, 11) is 3.99. The summed E-state index contributed by atoms with van der Waals surface area (Å²) in [6.45, 7) is 2.71. The van der Waals surface area contributed by atoms with Crippen LogP contribution in [0.2, 0.25) is 0 Å². The van der Waals surface area contributed by atoms with Gasteiger partial charge in [0.2, 0.25) is 0 Å². The van der Waals surface area contributed by atoms with E-state index in [1.165, 1.54) is 0 Å². The number of aryl methyl sites for hydroxylation is 1. The van der Waals surface area contributed by atoms with Crippen LogP contribution in [0.3, 0.4) is 0 Å². The van der Waals surface area contributed by atoms with Crippen LogP contribution in [0.1, 0.15) is 16.6 Å². The molecule has 1 atom stereocenters. The Hall–Kier alpha value is -2.70. The molecule has 0 saturated heterocycles. The van der Waals surface area contributed by atoms with E-state index >= 15 is 0 Å². The molecule has 0 aliphatic heterocycles. The van der Waals surface area contributed by atoms with Gasteiger partial charge in [0.15, 0.2) is 0 Å². The molecule has 3 aromatic rings. The van der Waals surface area contributed by atoms with Crippen molar-refractivity contribution < 1.29 is 4.79 Å². The van der Waals surface area contributed by atoms with Crippen LogP contribution in [0, 0.1) is 6.92 Å². The second kappa shape index (κ2) is 8.79. The third-order valence-corrected chi connectivity index (χ3v) is 4.89. The molecule has 140 valence electrons. The molecule has 6 heteroatoms. The maximum atomic E-state index is 12.5.